The Morgan fingerprint density at radius 1 is 1.21 bits per heavy atom. The Hall–Kier alpha value is -3.03. The highest BCUT2D eigenvalue weighted by Gasteiger charge is 2.18. The number of aromatic nitrogens is 4. The smallest absolute Gasteiger partial charge is 0.281 e. The number of carbonyl (C=O) groups excluding carboxylic acids is 1. The molecule has 2 heterocycles. The van der Waals surface area contributed by atoms with Gasteiger partial charge in [0.05, 0.1) is 10.9 Å². The lowest BCUT2D eigenvalue weighted by molar-refractivity contribution is 0.101. The molecule has 0 radical (unpaired) electrons. The van der Waals surface area contributed by atoms with Gasteiger partial charge >= 0.3 is 0 Å². The monoisotopic (exact) mass is 329 g/mol. The maximum absolute atomic E-state index is 13.5. The van der Waals surface area contributed by atoms with Crippen molar-refractivity contribution < 1.29 is 9.18 Å². The van der Waals surface area contributed by atoms with Crippen molar-refractivity contribution in [2.45, 2.75) is 26.9 Å². The van der Waals surface area contributed by atoms with Gasteiger partial charge in [-0.1, -0.05) is 0 Å². The van der Waals surface area contributed by atoms with E-state index in [4.69, 9.17) is 0 Å². The van der Waals surface area contributed by atoms with Gasteiger partial charge in [0.15, 0.2) is 11.5 Å². The van der Waals surface area contributed by atoms with Gasteiger partial charge in [0.1, 0.15) is 5.82 Å². The first-order chi connectivity index (χ1) is 11.5. The number of nitrogens with zero attached hydrogens (tertiary/aromatic N) is 4. The summed E-state index contributed by atoms with van der Waals surface area (Å²) in [6, 6.07) is 5.48. The number of fused-ring (bicyclic) bond motifs is 1. The van der Waals surface area contributed by atoms with Crippen molar-refractivity contribution in [3.8, 4) is 0 Å². The van der Waals surface area contributed by atoms with E-state index in [1.807, 2.05) is 13.8 Å². The van der Waals surface area contributed by atoms with Crippen LogP contribution in [0.1, 0.15) is 24.3 Å². The maximum Gasteiger partial charge on any atom is 0.281 e. The van der Waals surface area contributed by atoms with E-state index in [1.54, 1.807) is 16.9 Å². The van der Waals surface area contributed by atoms with Crippen LogP contribution in [0.4, 0.5) is 10.2 Å². The highest BCUT2D eigenvalue weighted by molar-refractivity contribution is 6.03. The summed E-state index contributed by atoms with van der Waals surface area (Å²) in [5.41, 5.74) is -0.418. The Bertz CT molecular complexity index is 976. The third-order valence-electron chi connectivity index (χ3n) is 3.64. The number of aryl methyl sites for hydroxylation is 2. The lowest BCUT2D eigenvalue weighted by Gasteiger charge is -2.10. The number of rotatable bonds is 4. The van der Waals surface area contributed by atoms with Crippen LogP contribution in [-0.2, 0) is 13.1 Å². The number of amides is 1. The van der Waals surface area contributed by atoms with Gasteiger partial charge in [-0.25, -0.2) is 4.39 Å². The predicted molar refractivity (Wildman–Crippen MR) is 87.5 cm³/mol. The number of benzene rings is 1. The topological polar surface area (TPSA) is 81.8 Å². The molecule has 7 nitrogen and oxygen atoms in total. The number of hydrogen-bond donors (Lipinski definition) is 1. The SMILES string of the molecule is CCn1ccc(NC(=O)c2nn(CC)c3ccc(F)cc3c2=O)n1. The zero-order valence-electron chi connectivity index (χ0n) is 13.3. The molecule has 8 heteroatoms. The Balaban J connectivity index is 2.06. The Kier molecular flexibility index (Phi) is 4.11. The van der Waals surface area contributed by atoms with Crippen LogP contribution < -0.4 is 10.7 Å². The van der Waals surface area contributed by atoms with Crippen molar-refractivity contribution in [1.82, 2.24) is 19.6 Å². The van der Waals surface area contributed by atoms with Crippen LogP contribution in [0.5, 0.6) is 0 Å². The van der Waals surface area contributed by atoms with Gasteiger partial charge in [-0.05, 0) is 32.0 Å². The van der Waals surface area contributed by atoms with E-state index in [0.717, 1.165) is 6.07 Å². The molecule has 3 aromatic rings. The summed E-state index contributed by atoms with van der Waals surface area (Å²) < 4.78 is 16.6. The molecule has 24 heavy (non-hydrogen) atoms. The van der Waals surface area contributed by atoms with Crippen LogP contribution in [0.3, 0.4) is 0 Å². The van der Waals surface area contributed by atoms with E-state index < -0.39 is 17.2 Å². The van der Waals surface area contributed by atoms with Gasteiger partial charge in [-0.2, -0.15) is 10.2 Å². The molecule has 0 aliphatic heterocycles. The first kappa shape index (κ1) is 15.9. The highest BCUT2D eigenvalue weighted by atomic mass is 19.1. The molecule has 0 aliphatic carbocycles. The largest absolute Gasteiger partial charge is 0.304 e. The van der Waals surface area contributed by atoms with Gasteiger partial charge < -0.3 is 5.32 Å². The maximum atomic E-state index is 13.5. The number of anilines is 1. The summed E-state index contributed by atoms with van der Waals surface area (Å²) in [6.07, 6.45) is 1.71. The average molecular weight is 329 g/mol. The third kappa shape index (κ3) is 2.78. The fourth-order valence-electron chi connectivity index (χ4n) is 2.43. The summed E-state index contributed by atoms with van der Waals surface area (Å²) >= 11 is 0. The summed E-state index contributed by atoms with van der Waals surface area (Å²) in [5.74, 6) is -0.887. The number of carbonyl (C=O) groups is 1. The lowest BCUT2D eigenvalue weighted by atomic mass is 10.2. The van der Waals surface area contributed by atoms with Crippen molar-refractivity contribution in [3.63, 3.8) is 0 Å². The second kappa shape index (κ2) is 6.23. The Morgan fingerprint density at radius 2 is 2.00 bits per heavy atom. The molecule has 3 rings (SSSR count). The molecule has 1 amide bonds. The second-order valence-corrected chi connectivity index (χ2v) is 5.17. The summed E-state index contributed by atoms with van der Waals surface area (Å²) in [5, 5.41) is 10.9. The van der Waals surface area contributed by atoms with Crippen LogP contribution in [0.2, 0.25) is 0 Å². The zero-order chi connectivity index (χ0) is 17.3. The van der Waals surface area contributed by atoms with Crippen LogP contribution >= 0.6 is 0 Å². The van der Waals surface area contributed by atoms with Crippen molar-refractivity contribution >= 4 is 22.6 Å². The molecular formula is C16H16FN5O2. The summed E-state index contributed by atoms with van der Waals surface area (Å²) in [7, 11) is 0. The fraction of sp³-hybridized carbons (Fsp3) is 0.250. The van der Waals surface area contributed by atoms with Crippen LogP contribution in [-0.4, -0.2) is 25.5 Å². The number of halogens is 1. The molecular weight excluding hydrogens is 313 g/mol. The molecule has 0 spiro atoms. The van der Waals surface area contributed by atoms with Crippen LogP contribution in [0.15, 0.2) is 35.3 Å². The Labute approximate surface area is 136 Å². The van der Waals surface area contributed by atoms with Crippen molar-refractivity contribution in [3.05, 3.63) is 52.2 Å². The number of hydrogen-bond acceptors (Lipinski definition) is 4. The van der Waals surface area contributed by atoms with Gasteiger partial charge in [0, 0.05) is 25.4 Å². The molecule has 0 bridgehead atoms. The molecule has 0 saturated heterocycles. The second-order valence-electron chi connectivity index (χ2n) is 5.17. The minimum absolute atomic E-state index is 0.121. The predicted octanol–water partition coefficient (Wildman–Crippen LogP) is 2.02. The van der Waals surface area contributed by atoms with Crippen molar-refractivity contribution in [2.75, 3.05) is 5.32 Å². The lowest BCUT2D eigenvalue weighted by Crippen LogP contribution is -2.27. The van der Waals surface area contributed by atoms with E-state index in [1.165, 1.54) is 16.8 Å². The van der Waals surface area contributed by atoms with E-state index in [9.17, 15) is 14.0 Å². The molecule has 1 N–H and O–H groups in total. The molecule has 0 unspecified atom stereocenters. The third-order valence-corrected chi connectivity index (χ3v) is 3.64. The minimum Gasteiger partial charge on any atom is -0.304 e. The van der Waals surface area contributed by atoms with Gasteiger partial charge in [0.25, 0.3) is 5.91 Å². The fourth-order valence-corrected chi connectivity index (χ4v) is 2.43. The molecule has 2 aromatic heterocycles. The van der Waals surface area contributed by atoms with Crippen LogP contribution in [0.25, 0.3) is 10.9 Å². The quantitative estimate of drug-likeness (QED) is 0.794. The molecule has 0 aliphatic rings. The normalized spacial score (nSPS) is 11.0. The van der Waals surface area contributed by atoms with E-state index in [-0.39, 0.29) is 11.1 Å². The van der Waals surface area contributed by atoms with Gasteiger partial charge in [-0.15, -0.1) is 0 Å². The minimum atomic E-state index is -0.672. The molecule has 0 fully saturated rings. The highest BCUT2D eigenvalue weighted by Crippen LogP contribution is 2.13. The van der Waals surface area contributed by atoms with Crippen LogP contribution in [0, 0.1) is 5.82 Å². The summed E-state index contributed by atoms with van der Waals surface area (Å²) in [6.45, 7) is 4.84. The molecule has 0 saturated carbocycles. The van der Waals surface area contributed by atoms with Crippen molar-refractivity contribution in [1.29, 1.82) is 0 Å². The van der Waals surface area contributed by atoms with E-state index >= 15 is 0 Å². The molecule has 124 valence electrons. The van der Waals surface area contributed by atoms with Gasteiger partial charge in [0.2, 0.25) is 5.43 Å². The number of nitrogens with one attached hydrogen (secondary N) is 1. The Morgan fingerprint density at radius 3 is 2.67 bits per heavy atom. The summed E-state index contributed by atoms with van der Waals surface area (Å²) in [4.78, 5) is 24.9. The van der Waals surface area contributed by atoms with Crippen molar-refractivity contribution in [2.24, 2.45) is 0 Å². The van der Waals surface area contributed by atoms with Gasteiger partial charge in [-0.3, -0.25) is 19.0 Å². The first-order valence-corrected chi connectivity index (χ1v) is 7.58. The average Bonchev–Trinajstić information content (AvgIpc) is 3.03. The van der Waals surface area contributed by atoms with E-state index in [0.29, 0.717) is 24.4 Å². The molecule has 0 atom stereocenters. The first-order valence-electron chi connectivity index (χ1n) is 7.58. The zero-order valence-corrected chi connectivity index (χ0v) is 13.3. The van der Waals surface area contributed by atoms with E-state index in [2.05, 4.69) is 15.5 Å². The molecule has 1 aromatic carbocycles. The standard InChI is InChI=1S/C16H16FN5O2/c1-3-21-8-7-13(19-21)18-16(24)14-15(23)11-9-10(17)5-6-12(11)22(4-2)20-14/h5-9H,3-4H2,1-2H3,(H,18,19,24).